The van der Waals surface area contributed by atoms with Gasteiger partial charge in [-0.1, -0.05) is 67.1 Å². The van der Waals surface area contributed by atoms with Crippen LogP contribution in [0.5, 0.6) is 0 Å². The minimum Gasteiger partial charge on any atom is -0.0622 e. The third-order valence-corrected chi connectivity index (χ3v) is 3.34. The molecule has 0 nitrogen and oxygen atoms in total. The van der Waals surface area contributed by atoms with E-state index in [2.05, 4.69) is 68.4 Å². The van der Waals surface area contributed by atoms with Crippen molar-refractivity contribution in [3.63, 3.8) is 0 Å². The standard InChI is InChI=1S/C9H10.C9H12/c1-2-4-8(5-3-1)9-6-7-9;1-3-9-6-4-5-8(2)7-9/h1-5,9H,6-7H2;4-7H,3H2,1-2H3. The second-order valence-electron chi connectivity index (χ2n) is 5.03. The molecule has 0 amide bonds. The zero-order valence-electron chi connectivity index (χ0n) is 11.4. The molecule has 1 aliphatic rings. The van der Waals surface area contributed by atoms with Crippen molar-refractivity contribution in [3.8, 4) is 0 Å². The summed E-state index contributed by atoms with van der Waals surface area (Å²) >= 11 is 0. The molecule has 0 radical (unpaired) electrons. The highest BCUT2D eigenvalue weighted by atomic mass is 14.3. The fourth-order valence-electron chi connectivity index (χ4n) is 2.07. The Morgan fingerprint density at radius 3 is 2.17 bits per heavy atom. The average Bonchev–Trinajstić information content (AvgIpc) is 3.25. The molecule has 0 unspecified atom stereocenters. The van der Waals surface area contributed by atoms with Crippen molar-refractivity contribution in [1.82, 2.24) is 0 Å². The Labute approximate surface area is 111 Å². The maximum Gasteiger partial charge on any atom is -0.0162 e. The zero-order valence-corrected chi connectivity index (χ0v) is 11.4. The molecule has 1 saturated carbocycles. The highest BCUT2D eigenvalue weighted by Gasteiger charge is 2.22. The van der Waals surface area contributed by atoms with E-state index in [1.54, 1.807) is 0 Å². The maximum absolute atomic E-state index is 2.22. The molecule has 0 aromatic heterocycles. The minimum absolute atomic E-state index is 0.909. The topological polar surface area (TPSA) is 0 Å². The lowest BCUT2D eigenvalue weighted by Gasteiger charge is -1.95. The van der Waals surface area contributed by atoms with Crippen LogP contribution in [0.4, 0.5) is 0 Å². The molecule has 0 atom stereocenters. The molecule has 3 rings (SSSR count). The van der Waals surface area contributed by atoms with Crippen LogP contribution in [0, 0.1) is 6.92 Å². The van der Waals surface area contributed by atoms with Gasteiger partial charge in [0.1, 0.15) is 0 Å². The molecule has 0 bridgehead atoms. The van der Waals surface area contributed by atoms with Crippen molar-refractivity contribution in [1.29, 1.82) is 0 Å². The number of hydrogen-bond donors (Lipinski definition) is 0. The van der Waals surface area contributed by atoms with E-state index in [-0.39, 0.29) is 0 Å². The summed E-state index contributed by atoms with van der Waals surface area (Å²) in [6.45, 7) is 4.30. The average molecular weight is 238 g/mol. The van der Waals surface area contributed by atoms with Gasteiger partial charge in [0.15, 0.2) is 0 Å². The van der Waals surface area contributed by atoms with Crippen LogP contribution in [0.2, 0.25) is 0 Å². The lowest BCUT2D eigenvalue weighted by Crippen LogP contribution is -1.78. The van der Waals surface area contributed by atoms with E-state index < -0.39 is 0 Å². The minimum atomic E-state index is 0.909. The van der Waals surface area contributed by atoms with Gasteiger partial charge in [0.2, 0.25) is 0 Å². The van der Waals surface area contributed by atoms with E-state index in [4.69, 9.17) is 0 Å². The Balaban J connectivity index is 0.000000134. The van der Waals surface area contributed by atoms with Gasteiger partial charge in [0.25, 0.3) is 0 Å². The van der Waals surface area contributed by atoms with Gasteiger partial charge >= 0.3 is 0 Å². The first-order chi connectivity index (χ1) is 8.79. The van der Waals surface area contributed by atoms with E-state index in [9.17, 15) is 0 Å². The van der Waals surface area contributed by atoms with Gasteiger partial charge in [0, 0.05) is 0 Å². The molecular formula is C18H22. The van der Waals surface area contributed by atoms with Crippen LogP contribution >= 0.6 is 0 Å². The van der Waals surface area contributed by atoms with Crippen molar-refractivity contribution >= 4 is 0 Å². The lowest BCUT2D eigenvalue weighted by molar-refractivity contribution is 1.13. The molecular weight excluding hydrogens is 216 g/mol. The monoisotopic (exact) mass is 238 g/mol. The lowest BCUT2D eigenvalue weighted by atomic mass is 10.1. The summed E-state index contributed by atoms with van der Waals surface area (Å²) in [5.74, 6) is 0.909. The third kappa shape index (κ3) is 4.03. The van der Waals surface area contributed by atoms with Crippen LogP contribution in [0.3, 0.4) is 0 Å². The maximum atomic E-state index is 2.22. The Bertz CT molecular complexity index is 466. The van der Waals surface area contributed by atoms with Gasteiger partial charge in [0.05, 0.1) is 0 Å². The SMILES string of the molecule is CCc1cccc(C)c1.c1ccc(C2CC2)cc1. The van der Waals surface area contributed by atoms with Crippen molar-refractivity contribution in [2.45, 2.75) is 39.0 Å². The normalized spacial score (nSPS) is 13.7. The molecule has 0 aliphatic heterocycles. The fraction of sp³-hybridized carbons (Fsp3) is 0.333. The first-order valence-corrected chi connectivity index (χ1v) is 6.90. The number of benzene rings is 2. The quantitative estimate of drug-likeness (QED) is 0.681. The highest BCUT2D eigenvalue weighted by Crippen LogP contribution is 2.39. The number of aryl methyl sites for hydroxylation is 2. The number of hydrogen-bond acceptors (Lipinski definition) is 0. The van der Waals surface area contributed by atoms with Crippen molar-refractivity contribution in [3.05, 3.63) is 71.3 Å². The highest BCUT2D eigenvalue weighted by molar-refractivity contribution is 5.23. The van der Waals surface area contributed by atoms with Crippen LogP contribution in [0.1, 0.15) is 42.4 Å². The summed E-state index contributed by atoms with van der Waals surface area (Å²) in [4.78, 5) is 0. The number of rotatable bonds is 2. The molecule has 0 N–H and O–H groups in total. The Morgan fingerprint density at radius 1 is 0.944 bits per heavy atom. The van der Waals surface area contributed by atoms with E-state index in [1.807, 2.05) is 0 Å². The predicted molar refractivity (Wildman–Crippen MR) is 79.0 cm³/mol. The van der Waals surface area contributed by atoms with Crippen LogP contribution in [0.15, 0.2) is 54.6 Å². The molecule has 1 fully saturated rings. The summed E-state index contributed by atoms with van der Waals surface area (Å²) in [5, 5.41) is 0. The van der Waals surface area contributed by atoms with Crippen molar-refractivity contribution in [2.24, 2.45) is 0 Å². The Morgan fingerprint density at radius 2 is 1.67 bits per heavy atom. The molecule has 94 valence electrons. The van der Waals surface area contributed by atoms with E-state index in [1.165, 1.54) is 29.5 Å². The molecule has 2 aromatic carbocycles. The molecule has 0 spiro atoms. The molecule has 0 heterocycles. The second kappa shape index (κ2) is 6.39. The first-order valence-electron chi connectivity index (χ1n) is 6.90. The van der Waals surface area contributed by atoms with Gasteiger partial charge in [-0.05, 0) is 43.2 Å². The van der Waals surface area contributed by atoms with E-state index in [0.29, 0.717) is 0 Å². The van der Waals surface area contributed by atoms with Crippen molar-refractivity contribution in [2.75, 3.05) is 0 Å². The third-order valence-electron chi connectivity index (χ3n) is 3.34. The van der Waals surface area contributed by atoms with Crippen molar-refractivity contribution < 1.29 is 0 Å². The molecule has 2 aromatic rings. The van der Waals surface area contributed by atoms with Gasteiger partial charge < -0.3 is 0 Å². The summed E-state index contributed by atoms with van der Waals surface area (Å²) in [6, 6.07) is 19.4. The zero-order chi connectivity index (χ0) is 12.8. The Hall–Kier alpha value is -1.56. The van der Waals surface area contributed by atoms with Gasteiger partial charge in [-0.2, -0.15) is 0 Å². The van der Waals surface area contributed by atoms with Crippen LogP contribution in [-0.4, -0.2) is 0 Å². The predicted octanol–water partition coefficient (Wildman–Crippen LogP) is 5.12. The van der Waals surface area contributed by atoms with E-state index >= 15 is 0 Å². The molecule has 18 heavy (non-hydrogen) atoms. The second-order valence-corrected chi connectivity index (χ2v) is 5.03. The summed E-state index contributed by atoms with van der Waals surface area (Å²) < 4.78 is 0. The fourth-order valence-corrected chi connectivity index (χ4v) is 2.07. The Kier molecular flexibility index (Phi) is 4.58. The van der Waals surface area contributed by atoms with Gasteiger partial charge in [-0.25, -0.2) is 0 Å². The first kappa shape index (κ1) is 12.9. The molecule has 0 heteroatoms. The van der Waals surface area contributed by atoms with E-state index in [0.717, 1.165) is 12.3 Å². The van der Waals surface area contributed by atoms with Crippen LogP contribution in [-0.2, 0) is 6.42 Å². The smallest absolute Gasteiger partial charge is 0.0162 e. The summed E-state index contributed by atoms with van der Waals surface area (Å²) in [6.07, 6.45) is 3.95. The van der Waals surface area contributed by atoms with Crippen LogP contribution < -0.4 is 0 Å². The van der Waals surface area contributed by atoms with Crippen LogP contribution in [0.25, 0.3) is 0 Å². The molecule has 0 saturated heterocycles. The van der Waals surface area contributed by atoms with Gasteiger partial charge in [-0.15, -0.1) is 0 Å². The largest absolute Gasteiger partial charge is 0.0622 e. The summed E-state index contributed by atoms with van der Waals surface area (Å²) in [5.41, 5.74) is 4.31. The van der Waals surface area contributed by atoms with Gasteiger partial charge in [-0.3, -0.25) is 0 Å². The summed E-state index contributed by atoms with van der Waals surface area (Å²) in [7, 11) is 0. The molecule has 1 aliphatic carbocycles.